The maximum absolute atomic E-state index is 9.87. The lowest BCUT2D eigenvalue weighted by Crippen LogP contribution is -2.17. The number of carbonyl (C=O) groups excluding carboxylic acids is 1. The molecule has 0 aromatic heterocycles. The van der Waals surface area contributed by atoms with Crippen molar-refractivity contribution in [1.82, 2.24) is 0 Å². The minimum atomic E-state index is -1.50. The summed E-state index contributed by atoms with van der Waals surface area (Å²) in [6.45, 7) is 8.21. The number of methoxy groups -OCH3 is 1. The van der Waals surface area contributed by atoms with Crippen molar-refractivity contribution in [2.24, 2.45) is 11.5 Å². The zero-order valence-corrected chi connectivity index (χ0v) is 14.5. The van der Waals surface area contributed by atoms with Gasteiger partial charge in [-0.15, -0.1) is 0 Å². The molecule has 132 valence electrons. The summed E-state index contributed by atoms with van der Waals surface area (Å²) >= 11 is 0. The molecule has 0 bridgehead atoms. The highest BCUT2D eigenvalue weighted by atomic mass is 16.5. The predicted octanol–water partition coefficient (Wildman–Crippen LogP) is 0.264. The number of carbonyl (C=O) groups is 1. The normalized spacial score (nSPS) is 10.8. The first-order valence-electron chi connectivity index (χ1n) is 7.03. The van der Waals surface area contributed by atoms with Crippen LogP contribution in [0.15, 0.2) is 0 Å². The Hall–Kier alpha value is -0.570. The van der Waals surface area contributed by atoms with E-state index in [4.69, 9.17) is 20.7 Å². The summed E-state index contributed by atoms with van der Waals surface area (Å²) in [4.78, 5) is 9.87. The molecule has 0 heterocycles. The Kier molecular flexibility index (Phi) is 33.3. The van der Waals surface area contributed by atoms with Crippen LogP contribution in [0.1, 0.15) is 40.5 Å². The van der Waals surface area contributed by atoms with Gasteiger partial charge in [-0.25, -0.2) is 0 Å². The van der Waals surface area contributed by atoms with Gasteiger partial charge >= 0.3 is 0 Å². The summed E-state index contributed by atoms with van der Waals surface area (Å²) in [7, 11) is 3.18. The van der Waals surface area contributed by atoms with Gasteiger partial charge < -0.3 is 35.9 Å². The van der Waals surface area contributed by atoms with E-state index >= 15 is 0 Å². The zero-order valence-electron chi connectivity index (χ0n) is 14.5. The van der Waals surface area contributed by atoms with Crippen molar-refractivity contribution < 1.29 is 24.5 Å². The lowest BCUT2D eigenvalue weighted by atomic mass is 10.2. The molecule has 1 unspecified atom stereocenters. The molecular weight excluding hydrogens is 276 g/mol. The van der Waals surface area contributed by atoms with Crippen LogP contribution in [0.2, 0.25) is 0 Å². The topological polar surface area (TPSA) is 128 Å². The first kappa shape index (κ1) is 28.6. The summed E-state index contributed by atoms with van der Waals surface area (Å²) in [6.07, 6.45) is 2.68. The number of hydrogen-bond acceptors (Lipinski definition) is 7. The summed E-state index contributed by atoms with van der Waals surface area (Å²) in [5, 5.41) is 16.2. The average Bonchev–Trinajstić information content (AvgIpc) is 2.44. The second-order valence-corrected chi connectivity index (χ2v) is 4.18. The SMILES string of the molecule is CC(C)(O)O.CCC(CCN)OCC=O.CCOC.CN. The fraction of sp³-hybridized carbons (Fsp3) is 0.929. The molecule has 0 saturated carbocycles. The fourth-order valence-electron chi connectivity index (χ4n) is 0.767. The first-order chi connectivity index (χ1) is 9.76. The van der Waals surface area contributed by atoms with Crippen LogP contribution in [-0.2, 0) is 14.3 Å². The monoisotopic (exact) mass is 312 g/mol. The van der Waals surface area contributed by atoms with Crippen LogP contribution in [0.4, 0.5) is 0 Å². The highest BCUT2D eigenvalue weighted by Crippen LogP contribution is 2.00. The Balaban J connectivity index is -0.000000110. The lowest BCUT2D eigenvalue weighted by molar-refractivity contribution is -0.127. The summed E-state index contributed by atoms with van der Waals surface area (Å²) < 4.78 is 9.67. The van der Waals surface area contributed by atoms with Gasteiger partial charge in [0.15, 0.2) is 5.79 Å². The van der Waals surface area contributed by atoms with Gasteiger partial charge in [0.1, 0.15) is 12.9 Å². The molecule has 0 aliphatic heterocycles. The summed E-state index contributed by atoms with van der Waals surface area (Å²) in [5.41, 5.74) is 9.81. The lowest BCUT2D eigenvalue weighted by Gasteiger charge is -2.11. The van der Waals surface area contributed by atoms with Crippen molar-refractivity contribution in [3.63, 3.8) is 0 Å². The van der Waals surface area contributed by atoms with Crippen LogP contribution in [0.3, 0.4) is 0 Å². The van der Waals surface area contributed by atoms with Crippen molar-refractivity contribution in [1.29, 1.82) is 0 Å². The van der Waals surface area contributed by atoms with E-state index in [9.17, 15) is 4.79 Å². The van der Waals surface area contributed by atoms with E-state index in [-0.39, 0.29) is 12.7 Å². The van der Waals surface area contributed by atoms with Gasteiger partial charge in [0, 0.05) is 13.7 Å². The van der Waals surface area contributed by atoms with Crippen molar-refractivity contribution in [3.05, 3.63) is 0 Å². The standard InChI is InChI=1S/C7H15NO2.C3H8O2.C3H8O.CH5N/c1-2-7(3-4-8)10-6-5-9;1-3(2,4)5;1-3-4-2;1-2/h5,7H,2-4,6,8H2,1H3;4-5H,1-2H3;3H2,1-2H3;2H2,1H3. The molecule has 0 aliphatic carbocycles. The number of aliphatic hydroxyl groups is 2. The Labute approximate surface area is 129 Å². The van der Waals surface area contributed by atoms with E-state index in [0.717, 1.165) is 25.7 Å². The van der Waals surface area contributed by atoms with Crippen LogP contribution in [0.25, 0.3) is 0 Å². The van der Waals surface area contributed by atoms with Gasteiger partial charge in [-0.3, -0.25) is 0 Å². The number of nitrogens with two attached hydrogens (primary N) is 2. The van der Waals surface area contributed by atoms with Crippen LogP contribution in [0.5, 0.6) is 0 Å². The molecule has 0 radical (unpaired) electrons. The Morgan fingerprint density at radius 2 is 1.62 bits per heavy atom. The average molecular weight is 312 g/mol. The molecule has 0 rings (SSSR count). The van der Waals surface area contributed by atoms with Crippen molar-refractivity contribution in [2.45, 2.75) is 52.4 Å². The summed E-state index contributed by atoms with van der Waals surface area (Å²) in [6, 6.07) is 0. The Bertz CT molecular complexity index is 167. The highest BCUT2D eigenvalue weighted by molar-refractivity contribution is 5.50. The van der Waals surface area contributed by atoms with Gasteiger partial charge in [-0.1, -0.05) is 6.92 Å². The van der Waals surface area contributed by atoms with Crippen LogP contribution >= 0.6 is 0 Å². The number of aldehydes is 1. The molecule has 0 spiro atoms. The second kappa shape index (κ2) is 24.4. The van der Waals surface area contributed by atoms with E-state index in [1.54, 1.807) is 7.11 Å². The number of ether oxygens (including phenoxy) is 2. The van der Waals surface area contributed by atoms with E-state index in [1.807, 2.05) is 13.8 Å². The Morgan fingerprint density at radius 3 is 1.81 bits per heavy atom. The minimum Gasteiger partial charge on any atom is -0.385 e. The maximum atomic E-state index is 9.87. The van der Waals surface area contributed by atoms with E-state index < -0.39 is 5.79 Å². The van der Waals surface area contributed by atoms with Gasteiger partial charge in [0.05, 0.1) is 6.10 Å². The Morgan fingerprint density at radius 1 is 1.24 bits per heavy atom. The van der Waals surface area contributed by atoms with Crippen molar-refractivity contribution >= 4 is 6.29 Å². The highest BCUT2D eigenvalue weighted by Gasteiger charge is 2.03. The molecule has 0 aromatic rings. The third-order valence-electron chi connectivity index (χ3n) is 1.63. The molecule has 6 N–H and O–H groups in total. The van der Waals surface area contributed by atoms with Crippen molar-refractivity contribution in [2.75, 3.05) is 33.9 Å². The fourth-order valence-corrected chi connectivity index (χ4v) is 0.767. The first-order valence-corrected chi connectivity index (χ1v) is 7.03. The molecule has 0 saturated heterocycles. The molecule has 0 aromatic carbocycles. The molecule has 21 heavy (non-hydrogen) atoms. The van der Waals surface area contributed by atoms with Gasteiger partial charge in [0.25, 0.3) is 0 Å². The molecule has 1 atom stereocenters. The predicted molar refractivity (Wildman–Crippen MR) is 85.9 cm³/mol. The molecule has 0 fully saturated rings. The van der Waals surface area contributed by atoms with Crippen molar-refractivity contribution in [3.8, 4) is 0 Å². The van der Waals surface area contributed by atoms with Gasteiger partial charge in [-0.2, -0.15) is 0 Å². The third kappa shape index (κ3) is 66.4. The van der Waals surface area contributed by atoms with Crippen LogP contribution in [-0.4, -0.2) is 62.3 Å². The molecule has 0 amide bonds. The van der Waals surface area contributed by atoms with Gasteiger partial charge in [-0.05, 0) is 47.2 Å². The summed E-state index contributed by atoms with van der Waals surface area (Å²) in [5.74, 6) is -1.50. The van der Waals surface area contributed by atoms with E-state index in [2.05, 4.69) is 10.5 Å². The maximum Gasteiger partial charge on any atom is 0.156 e. The molecule has 7 heteroatoms. The number of rotatable bonds is 7. The minimum absolute atomic E-state index is 0.162. The molecular formula is C14H36N2O5. The zero-order chi connectivity index (χ0) is 17.7. The molecule has 7 nitrogen and oxygen atoms in total. The largest absolute Gasteiger partial charge is 0.385 e. The second-order valence-electron chi connectivity index (χ2n) is 4.18. The van der Waals surface area contributed by atoms with Crippen LogP contribution < -0.4 is 11.5 Å². The van der Waals surface area contributed by atoms with E-state index in [0.29, 0.717) is 6.54 Å². The van der Waals surface area contributed by atoms with Gasteiger partial charge in [0.2, 0.25) is 0 Å². The van der Waals surface area contributed by atoms with Crippen LogP contribution in [0, 0.1) is 0 Å². The number of hydrogen-bond donors (Lipinski definition) is 4. The van der Waals surface area contributed by atoms with E-state index in [1.165, 1.54) is 20.9 Å². The molecule has 0 aliphatic rings. The smallest absolute Gasteiger partial charge is 0.156 e. The quantitative estimate of drug-likeness (QED) is 0.392. The third-order valence-corrected chi connectivity index (χ3v) is 1.63.